The molecule has 0 fully saturated rings. The van der Waals surface area contributed by atoms with Gasteiger partial charge in [-0.15, -0.1) is 0 Å². The highest BCUT2D eigenvalue weighted by Crippen LogP contribution is 2.35. The summed E-state index contributed by atoms with van der Waals surface area (Å²) < 4.78 is 1.14. The summed E-state index contributed by atoms with van der Waals surface area (Å²) in [6.07, 6.45) is 2.08. The van der Waals surface area contributed by atoms with Gasteiger partial charge in [-0.1, -0.05) is 6.07 Å². The van der Waals surface area contributed by atoms with Crippen molar-refractivity contribution in [2.24, 2.45) is 5.73 Å². The first-order valence-corrected chi connectivity index (χ1v) is 5.10. The van der Waals surface area contributed by atoms with Gasteiger partial charge in [0.25, 0.3) is 0 Å². The monoisotopic (exact) mass is 274 g/mol. The van der Waals surface area contributed by atoms with Gasteiger partial charge in [0.05, 0.1) is 0 Å². The van der Waals surface area contributed by atoms with Crippen LogP contribution in [0.5, 0.6) is 0 Å². The zero-order valence-electron chi connectivity index (χ0n) is 6.68. The third-order valence-electron chi connectivity index (χ3n) is 2.44. The van der Waals surface area contributed by atoms with Gasteiger partial charge >= 0.3 is 0 Å². The van der Waals surface area contributed by atoms with E-state index in [1.54, 1.807) is 0 Å². The number of benzene rings is 1. The summed E-state index contributed by atoms with van der Waals surface area (Å²) in [6, 6.07) is 4.35. The topological polar surface area (TPSA) is 52.0 Å². The highest BCUT2D eigenvalue weighted by molar-refractivity contribution is 14.1. The number of nitrogen functional groups attached to an aromatic ring is 1. The van der Waals surface area contributed by atoms with Gasteiger partial charge in [-0.3, -0.25) is 0 Å². The van der Waals surface area contributed by atoms with Gasteiger partial charge < -0.3 is 11.5 Å². The molecule has 0 aromatic heterocycles. The minimum absolute atomic E-state index is 0.208. The van der Waals surface area contributed by atoms with E-state index in [0.29, 0.717) is 0 Å². The maximum atomic E-state index is 5.93. The molecule has 4 N–H and O–H groups in total. The van der Waals surface area contributed by atoms with Crippen molar-refractivity contribution >= 4 is 28.3 Å². The molecule has 0 spiro atoms. The van der Waals surface area contributed by atoms with Crippen LogP contribution in [0.25, 0.3) is 0 Å². The van der Waals surface area contributed by atoms with E-state index >= 15 is 0 Å². The zero-order valence-corrected chi connectivity index (χ0v) is 8.84. The SMILES string of the molecule is Nc1c(I)ccc2c1CCC2N. The van der Waals surface area contributed by atoms with Crippen LogP contribution < -0.4 is 11.5 Å². The van der Waals surface area contributed by atoms with Crippen LogP contribution in [0.2, 0.25) is 0 Å². The first-order chi connectivity index (χ1) is 5.70. The minimum atomic E-state index is 0.208. The van der Waals surface area contributed by atoms with Crippen LogP contribution in [0.1, 0.15) is 23.6 Å². The number of fused-ring (bicyclic) bond motifs is 1. The second-order valence-electron chi connectivity index (χ2n) is 3.17. The fourth-order valence-electron chi connectivity index (χ4n) is 1.73. The van der Waals surface area contributed by atoms with Crippen molar-refractivity contribution in [3.63, 3.8) is 0 Å². The summed E-state index contributed by atoms with van der Waals surface area (Å²) in [5, 5.41) is 0. The zero-order chi connectivity index (χ0) is 8.72. The Hall–Kier alpha value is -0.290. The maximum Gasteiger partial charge on any atom is 0.0485 e. The fraction of sp³-hybridized carbons (Fsp3) is 0.333. The highest BCUT2D eigenvalue weighted by Gasteiger charge is 2.21. The first-order valence-electron chi connectivity index (χ1n) is 4.02. The Morgan fingerprint density at radius 2 is 2.17 bits per heavy atom. The van der Waals surface area contributed by atoms with Crippen molar-refractivity contribution in [3.8, 4) is 0 Å². The Bertz CT molecular complexity index is 323. The molecule has 0 amide bonds. The summed E-state index contributed by atoms with van der Waals surface area (Å²) >= 11 is 2.26. The molecule has 0 saturated heterocycles. The molecule has 0 bridgehead atoms. The van der Waals surface area contributed by atoms with Gasteiger partial charge in [-0.05, 0) is 52.6 Å². The van der Waals surface area contributed by atoms with Crippen LogP contribution in [0.4, 0.5) is 5.69 Å². The normalized spacial score (nSPS) is 21.0. The number of nitrogens with two attached hydrogens (primary N) is 2. The summed E-state index contributed by atoms with van der Waals surface area (Å²) in [5.41, 5.74) is 15.3. The lowest BCUT2D eigenvalue weighted by Gasteiger charge is -2.07. The molecule has 1 aliphatic rings. The lowest BCUT2D eigenvalue weighted by molar-refractivity contribution is 0.713. The van der Waals surface area contributed by atoms with E-state index in [0.717, 1.165) is 22.1 Å². The summed E-state index contributed by atoms with van der Waals surface area (Å²) in [7, 11) is 0. The molecule has 64 valence electrons. The molecule has 12 heavy (non-hydrogen) atoms. The molecule has 1 aromatic rings. The van der Waals surface area contributed by atoms with Crippen molar-refractivity contribution in [2.75, 3.05) is 5.73 Å². The molecule has 2 nitrogen and oxygen atoms in total. The molecule has 0 saturated carbocycles. The van der Waals surface area contributed by atoms with E-state index in [9.17, 15) is 0 Å². The standard InChI is InChI=1S/C9H11IN2/c10-7-3-1-5-6(9(7)12)2-4-8(5)11/h1,3,8H,2,4,11-12H2. The molecule has 1 aromatic carbocycles. The number of rotatable bonds is 0. The smallest absolute Gasteiger partial charge is 0.0485 e. The molecule has 1 aliphatic carbocycles. The molecule has 0 heterocycles. The predicted molar refractivity (Wildman–Crippen MR) is 58.8 cm³/mol. The van der Waals surface area contributed by atoms with Crippen LogP contribution in [0.3, 0.4) is 0 Å². The quantitative estimate of drug-likeness (QED) is 0.560. The van der Waals surface area contributed by atoms with Crippen LogP contribution in [-0.4, -0.2) is 0 Å². The van der Waals surface area contributed by atoms with E-state index in [1.807, 2.05) is 6.07 Å². The predicted octanol–water partition coefficient (Wildman–Crippen LogP) is 1.82. The average molecular weight is 274 g/mol. The second kappa shape index (κ2) is 2.88. The third kappa shape index (κ3) is 1.11. The third-order valence-corrected chi connectivity index (χ3v) is 3.39. The largest absolute Gasteiger partial charge is 0.398 e. The Balaban J connectivity index is 2.60. The number of hydrogen-bond donors (Lipinski definition) is 2. The number of hydrogen-bond acceptors (Lipinski definition) is 2. The van der Waals surface area contributed by atoms with Gasteiger partial charge in [-0.2, -0.15) is 0 Å². The number of anilines is 1. The van der Waals surface area contributed by atoms with Gasteiger partial charge in [0.2, 0.25) is 0 Å². The highest BCUT2D eigenvalue weighted by atomic mass is 127. The molecule has 1 atom stereocenters. The number of halogens is 1. The van der Waals surface area contributed by atoms with Crippen LogP contribution in [0.15, 0.2) is 12.1 Å². The Morgan fingerprint density at radius 3 is 2.92 bits per heavy atom. The molecular weight excluding hydrogens is 263 g/mol. The van der Waals surface area contributed by atoms with Crippen LogP contribution in [-0.2, 0) is 6.42 Å². The second-order valence-corrected chi connectivity index (χ2v) is 4.34. The van der Waals surface area contributed by atoms with Crippen molar-refractivity contribution in [1.82, 2.24) is 0 Å². The van der Waals surface area contributed by atoms with Crippen molar-refractivity contribution in [2.45, 2.75) is 18.9 Å². The van der Waals surface area contributed by atoms with Crippen molar-refractivity contribution in [1.29, 1.82) is 0 Å². The minimum Gasteiger partial charge on any atom is -0.398 e. The summed E-state index contributed by atoms with van der Waals surface area (Å²) in [4.78, 5) is 0. The van der Waals surface area contributed by atoms with Gasteiger partial charge in [0, 0.05) is 15.3 Å². The van der Waals surface area contributed by atoms with E-state index in [4.69, 9.17) is 11.5 Å². The van der Waals surface area contributed by atoms with Gasteiger partial charge in [0.15, 0.2) is 0 Å². The van der Waals surface area contributed by atoms with Gasteiger partial charge in [-0.25, -0.2) is 0 Å². The molecule has 0 radical (unpaired) electrons. The Kier molecular flexibility index (Phi) is 2.00. The molecular formula is C9H11IN2. The maximum absolute atomic E-state index is 5.93. The summed E-state index contributed by atoms with van der Waals surface area (Å²) in [6.45, 7) is 0. The Labute approximate surface area is 85.5 Å². The lowest BCUT2D eigenvalue weighted by Crippen LogP contribution is -2.05. The van der Waals surface area contributed by atoms with E-state index in [1.165, 1.54) is 11.1 Å². The van der Waals surface area contributed by atoms with E-state index < -0.39 is 0 Å². The molecule has 1 unspecified atom stereocenters. The average Bonchev–Trinajstić information content (AvgIpc) is 2.41. The molecule has 0 aliphatic heterocycles. The van der Waals surface area contributed by atoms with Gasteiger partial charge in [0.1, 0.15) is 0 Å². The summed E-state index contributed by atoms with van der Waals surface area (Å²) in [5.74, 6) is 0. The van der Waals surface area contributed by atoms with E-state index in [2.05, 4.69) is 28.7 Å². The molecule has 2 rings (SSSR count). The van der Waals surface area contributed by atoms with Crippen molar-refractivity contribution < 1.29 is 0 Å². The fourth-order valence-corrected chi connectivity index (χ4v) is 2.24. The Morgan fingerprint density at radius 1 is 1.42 bits per heavy atom. The van der Waals surface area contributed by atoms with Crippen molar-refractivity contribution in [3.05, 3.63) is 26.8 Å². The molecule has 3 heteroatoms. The van der Waals surface area contributed by atoms with Crippen LogP contribution >= 0.6 is 22.6 Å². The van der Waals surface area contributed by atoms with Crippen LogP contribution in [0, 0.1) is 3.57 Å². The first kappa shape index (κ1) is 8.31. The lowest BCUT2D eigenvalue weighted by atomic mass is 10.1. The van der Waals surface area contributed by atoms with E-state index in [-0.39, 0.29) is 6.04 Å².